The maximum atomic E-state index is 11.1. The Labute approximate surface area is 99.1 Å². The zero-order valence-electron chi connectivity index (χ0n) is 9.69. The largest absolute Gasteiger partial charge is 0.481 e. The van der Waals surface area contributed by atoms with Gasteiger partial charge in [0.25, 0.3) is 5.91 Å². The first-order valence-electron chi connectivity index (χ1n) is 5.07. The Balaban J connectivity index is 2.71. The van der Waals surface area contributed by atoms with Crippen molar-refractivity contribution in [2.45, 2.75) is 20.0 Å². The van der Waals surface area contributed by atoms with Gasteiger partial charge in [-0.3, -0.25) is 15.0 Å². The summed E-state index contributed by atoms with van der Waals surface area (Å²) in [4.78, 5) is 22.0. The summed E-state index contributed by atoms with van der Waals surface area (Å²) in [7, 11) is 0. The van der Waals surface area contributed by atoms with Gasteiger partial charge >= 0.3 is 0 Å². The topological polar surface area (TPSA) is 93.4 Å². The zero-order valence-corrected chi connectivity index (χ0v) is 9.69. The van der Waals surface area contributed by atoms with Crippen molar-refractivity contribution in [3.8, 4) is 5.75 Å². The molecule has 0 radical (unpaired) electrons. The van der Waals surface area contributed by atoms with Gasteiger partial charge in [-0.2, -0.15) is 0 Å². The van der Waals surface area contributed by atoms with E-state index in [1.807, 2.05) is 5.43 Å². The highest BCUT2D eigenvalue weighted by Crippen LogP contribution is 2.18. The second kappa shape index (κ2) is 5.86. The van der Waals surface area contributed by atoms with Crippen molar-refractivity contribution < 1.29 is 14.3 Å². The van der Waals surface area contributed by atoms with E-state index in [4.69, 9.17) is 10.6 Å². The van der Waals surface area contributed by atoms with E-state index in [0.717, 1.165) is 0 Å². The van der Waals surface area contributed by atoms with E-state index in [-0.39, 0.29) is 5.91 Å². The van der Waals surface area contributed by atoms with Crippen LogP contribution in [-0.4, -0.2) is 17.9 Å². The molecule has 0 heterocycles. The third-order valence-corrected chi connectivity index (χ3v) is 1.98. The standard InChI is InChI=1S/C11H15N3O3/c1-7(11(16)14-12)17-10-5-3-4-9(6-10)13-8(2)15/h3-7H,12H2,1-2H3,(H,13,15)(H,14,16). The Hall–Kier alpha value is -2.08. The molecule has 1 unspecified atom stereocenters. The summed E-state index contributed by atoms with van der Waals surface area (Å²) in [6, 6.07) is 6.75. The fourth-order valence-electron chi connectivity index (χ4n) is 1.23. The number of nitrogens with two attached hydrogens (primary N) is 1. The highest BCUT2D eigenvalue weighted by molar-refractivity contribution is 5.88. The molecule has 6 nitrogen and oxygen atoms in total. The van der Waals surface area contributed by atoms with Gasteiger partial charge in [0.1, 0.15) is 5.75 Å². The number of carbonyl (C=O) groups is 2. The first kappa shape index (κ1) is 13.0. The fraction of sp³-hybridized carbons (Fsp3) is 0.273. The van der Waals surface area contributed by atoms with Crippen LogP contribution >= 0.6 is 0 Å². The Kier molecular flexibility index (Phi) is 4.47. The lowest BCUT2D eigenvalue weighted by Crippen LogP contribution is -2.40. The number of hydrazine groups is 1. The van der Waals surface area contributed by atoms with Gasteiger partial charge in [-0.1, -0.05) is 6.07 Å². The number of ether oxygens (including phenoxy) is 1. The van der Waals surface area contributed by atoms with E-state index >= 15 is 0 Å². The summed E-state index contributed by atoms with van der Waals surface area (Å²) in [6.07, 6.45) is -0.701. The Morgan fingerprint density at radius 3 is 2.71 bits per heavy atom. The third-order valence-electron chi connectivity index (χ3n) is 1.98. The fourth-order valence-corrected chi connectivity index (χ4v) is 1.23. The minimum atomic E-state index is -0.701. The summed E-state index contributed by atoms with van der Waals surface area (Å²) in [5, 5.41) is 2.62. The van der Waals surface area contributed by atoms with Gasteiger partial charge in [-0.15, -0.1) is 0 Å². The van der Waals surface area contributed by atoms with Crippen molar-refractivity contribution in [2.24, 2.45) is 5.84 Å². The molecular weight excluding hydrogens is 222 g/mol. The van der Waals surface area contributed by atoms with Crippen LogP contribution in [0.5, 0.6) is 5.75 Å². The molecule has 0 aliphatic heterocycles. The van der Waals surface area contributed by atoms with E-state index in [1.165, 1.54) is 6.92 Å². The summed E-state index contributed by atoms with van der Waals surface area (Å²) >= 11 is 0. The number of nitrogens with one attached hydrogen (secondary N) is 2. The average molecular weight is 237 g/mol. The van der Waals surface area contributed by atoms with E-state index in [1.54, 1.807) is 31.2 Å². The van der Waals surface area contributed by atoms with Crippen molar-refractivity contribution >= 4 is 17.5 Å². The predicted octanol–water partition coefficient (Wildman–Crippen LogP) is 0.402. The second-order valence-electron chi connectivity index (χ2n) is 3.48. The van der Waals surface area contributed by atoms with E-state index < -0.39 is 12.0 Å². The van der Waals surface area contributed by atoms with Crippen LogP contribution in [0.1, 0.15) is 13.8 Å². The van der Waals surface area contributed by atoms with E-state index in [9.17, 15) is 9.59 Å². The molecule has 0 aliphatic rings. The number of hydrogen-bond donors (Lipinski definition) is 3. The van der Waals surface area contributed by atoms with Gasteiger partial charge in [-0.25, -0.2) is 5.84 Å². The number of hydrogen-bond acceptors (Lipinski definition) is 4. The van der Waals surface area contributed by atoms with Gasteiger partial charge < -0.3 is 10.1 Å². The van der Waals surface area contributed by atoms with Crippen LogP contribution in [0.4, 0.5) is 5.69 Å². The smallest absolute Gasteiger partial charge is 0.274 e. The van der Waals surface area contributed by atoms with Crippen molar-refractivity contribution in [1.29, 1.82) is 0 Å². The van der Waals surface area contributed by atoms with Crippen LogP contribution in [0.15, 0.2) is 24.3 Å². The summed E-state index contributed by atoms with van der Waals surface area (Å²) in [5.74, 6) is 4.87. The molecule has 92 valence electrons. The molecule has 1 rings (SSSR count). The van der Waals surface area contributed by atoms with Gasteiger partial charge in [-0.05, 0) is 19.1 Å². The number of amides is 2. The third kappa shape index (κ3) is 4.12. The van der Waals surface area contributed by atoms with Gasteiger partial charge in [0.2, 0.25) is 5.91 Å². The molecular formula is C11H15N3O3. The Bertz CT molecular complexity index is 420. The minimum Gasteiger partial charge on any atom is -0.481 e. The maximum Gasteiger partial charge on any atom is 0.274 e. The van der Waals surface area contributed by atoms with E-state index in [2.05, 4.69) is 5.32 Å². The Morgan fingerprint density at radius 1 is 1.41 bits per heavy atom. The van der Waals surface area contributed by atoms with Gasteiger partial charge in [0.05, 0.1) is 0 Å². The van der Waals surface area contributed by atoms with Crippen LogP contribution in [0.2, 0.25) is 0 Å². The number of carbonyl (C=O) groups excluding carboxylic acids is 2. The molecule has 1 aromatic carbocycles. The SMILES string of the molecule is CC(=O)Nc1cccc(OC(C)C(=O)NN)c1. The van der Waals surface area contributed by atoms with Crippen molar-refractivity contribution in [3.63, 3.8) is 0 Å². The lowest BCUT2D eigenvalue weighted by atomic mass is 10.3. The number of rotatable bonds is 4. The van der Waals surface area contributed by atoms with Crippen LogP contribution in [0.25, 0.3) is 0 Å². The number of benzene rings is 1. The molecule has 1 aromatic rings. The second-order valence-corrected chi connectivity index (χ2v) is 3.48. The van der Waals surface area contributed by atoms with E-state index in [0.29, 0.717) is 11.4 Å². The molecule has 2 amide bonds. The zero-order chi connectivity index (χ0) is 12.8. The van der Waals surface area contributed by atoms with Crippen LogP contribution in [0.3, 0.4) is 0 Å². The maximum absolute atomic E-state index is 11.1. The highest BCUT2D eigenvalue weighted by atomic mass is 16.5. The summed E-state index contributed by atoms with van der Waals surface area (Å²) in [6.45, 7) is 2.99. The average Bonchev–Trinajstić information content (AvgIpc) is 2.27. The molecule has 0 aliphatic carbocycles. The predicted molar refractivity (Wildman–Crippen MR) is 63.2 cm³/mol. The van der Waals surface area contributed by atoms with Gasteiger partial charge in [0.15, 0.2) is 6.10 Å². The van der Waals surface area contributed by atoms with Crippen molar-refractivity contribution in [2.75, 3.05) is 5.32 Å². The molecule has 0 spiro atoms. The summed E-state index contributed by atoms with van der Waals surface area (Å²) < 4.78 is 5.35. The highest BCUT2D eigenvalue weighted by Gasteiger charge is 2.12. The first-order chi connectivity index (χ1) is 8.02. The molecule has 1 atom stereocenters. The molecule has 4 N–H and O–H groups in total. The monoisotopic (exact) mass is 237 g/mol. The van der Waals surface area contributed by atoms with Crippen LogP contribution in [-0.2, 0) is 9.59 Å². The number of anilines is 1. The molecule has 0 fully saturated rings. The quantitative estimate of drug-likeness (QED) is 0.401. The molecule has 0 bridgehead atoms. The molecule has 6 heteroatoms. The Morgan fingerprint density at radius 2 is 2.12 bits per heavy atom. The first-order valence-corrected chi connectivity index (χ1v) is 5.07. The minimum absolute atomic E-state index is 0.171. The lowest BCUT2D eigenvalue weighted by molar-refractivity contribution is -0.127. The van der Waals surface area contributed by atoms with Crippen molar-refractivity contribution in [1.82, 2.24) is 5.43 Å². The molecule has 0 saturated heterocycles. The van der Waals surface area contributed by atoms with Gasteiger partial charge in [0, 0.05) is 18.7 Å². The molecule has 0 saturated carbocycles. The van der Waals surface area contributed by atoms with Crippen LogP contribution in [0, 0.1) is 0 Å². The molecule has 0 aromatic heterocycles. The lowest BCUT2D eigenvalue weighted by Gasteiger charge is -2.13. The van der Waals surface area contributed by atoms with Crippen molar-refractivity contribution in [3.05, 3.63) is 24.3 Å². The normalized spacial score (nSPS) is 11.5. The molecule has 17 heavy (non-hydrogen) atoms. The summed E-state index contributed by atoms with van der Waals surface area (Å²) in [5.41, 5.74) is 2.60. The van der Waals surface area contributed by atoms with Crippen LogP contribution < -0.4 is 21.3 Å².